The maximum absolute atomic E-state index is 12.8. The minimum atomic E-state index is -0.283. The lowest BCUT2D eigenvalue weighted by molar-refractivity contribution is 0.354. The summed E-state index contributed by atoms with van der Waals surface area (Å²) in [5.74, 6) is 0.965. The van der Waals surface area contributed by atoms with Gasteiger partial charge in [0.2, 0.25) is 0 Å². The number of rotatable bonds is 5. The molecule has 20 heavy (non-hydrogen) atoms. The number of hydrogen-bond donors (Lipinski definition) is 1. The van der Waals surface area contributed by atoms with Gasteiger partial charge in [-0.15, -0.1) is 0 Å². The average Bonchev–Trinajstić information content (AvgIpc) is 2.49. The Kier molecular flexibility index (Phi) is 4.55. The number of halogens is 1. The lowest BCUT2D eigenvalue weighted by Gasteiger charge is -2.09. The minimum absolute atomic E-state index is 0.283. The van der Waals surface area contributed by atoms with Crippen molar-refractivity contribution in [2.45, 2.75) is 0 Å². The maximum Gasteiger partial charge on any atom is 0.169 e. The Balaban J connectivity index is 2.13. The highest BCUT2D eigenvalue weighted by molar-refractivity contribution is 5.85. The topological polar surface area (TPSA) is 42.8 Å². The van der Waals surface area contributed by atoms with Crippen LogP contribution in [0.4, 0.5) is 10.1 Å². The van der Waals surface area contributed by atoms with Gasteiger partial charge >= 0.3 is 0 Å². The van der Waals surface area contributed by atoms with Crippen LogP contribution in [0.1, 0.15) is 5.56 Å². The number of anilines is 1. The van der Waals surface area contributed by atoms with Crippen molar-refractivity contribution in [3.05, 3.63) is 53.8 Å². The van der Waals surface area contributed by atoms with Crippen molar-refractivity contribution < 1.29 is 13.9 Å². The molecule has 0 saturated carbocycles. The van der Waals surface area contributed by atoms with Gasteiger partial charge in [-0.25, -0.2) is 4.39 Å². The number of methoxy groups -OCH3 is 2. The van der Waals surface area contributed by atoms with Crippen LogP contribution in [0, 0.1) is 5.82 Å². The molecule has 0 radical (unpaired) electrons. The van der Waals surface area contributed by atoms with E-state index >= 15 is 0 Å². The zero-order valence-corrected chi connectivity index (χ0v) is 11.3. The summed E-state index contributed by atoms with van der Waals surface area (Å²) in [5.41, 5.74) is 4.29. The van der Waals surface area contributed by atoms with Crippen molar-refractivity contribution in [1.82, 2.24) is 0 Å². The molecule has 0 aliphatic carbocycles. The first-order chi connectivity index (χ1) is 9.74. The Morgan fingerprint density at radius 2 is 1.80 bits per heavy atom. The van der Waals surface area contributed by atoms with Crippen molar-refractivity contribution in [2.24, 2.45) is 5.10 Å². The van der Waals surface area contributed by atoms with Gasteiger partial charge in [0.15, 0.2) is 11.5 Å². The predicted octanol–water partition coefficient (Wildman–Crippen LogP) is 3.29. The van der Waals surface area contributed by atoms with E-state index in [4.69, 9.17) is 9.47 Å². The van der Waals surface area contributed by atoms with Crippen molar-refractivity contribution in [1.29, 1.82) is 0 Å². The monoisotopic (exact) mass is 274 g/mol. The maximum atomic E-state index is 12.8. The average molecular weight is 274 g/mol. The van der Waals surface area contributed by atoms with Crippen LogP contribution < -0.4 is 14.9 Å². The van der Waals surface area contributed by atoms with E-state index in [1.807, 2.05) is 18.2 Å². The first-order valence-electron chi connectivity index (χ1n) is 6.00. The number of hydrazone groups is 1. The van der Waals surface area contributed by atoms with E-state index in [0.717, 1.165) is 5.56 Å². The molecule has 0 bridgehead atoms. The normalized spacial score (nSPS) is 10.6. The van der Waals surface area contributed by atoms with E-state index in [1.165, 1.54) is 12.1 Å². The van der Waals surface area contributed by atoms with Crippen LogP contribution in [-0.2, 0) is 0 Å². The molecule has 0 spiro atoms. The van der Waals surface area contributed by atoms with Gasteiger partial charge in [-0.1, -0.05) is 6.07 Å². The number of ether oxygens (including phenoxy) is 2. The van der Waals surface area contributed by atoms with Gasteiger partial charge in [-0.2, -0.15) is 5.10 Å². The van der Waals surface area contributed by atoms with Gasteiger partial charge < -0.3 is 9.47 Å². The first kappa shape index (κ1) is 13.9. The Morgan fingerprint density at radius 3 is 2.45 bits per heavy atom. The highest BCUT2D eigenvalue weighted by Gasteiger charge is 2.06. The third kappa shape index (κ3) is 3.26. The lowest BCUT2D eigenvalue weighted by Crippen LogP contribution is -1.96. The Labute approximate surface area is 116 Å². The molecule has 2 aromatic rings. The molecule has 104 valence electrons. The molecule has 0 aliphatic heterocycles. The van der Waals surface area contributed by atoms with Crippen LogP contribution >= 0.6 is 0 Å². The Hall–Kier alpha value is -2.56. The Morgan fingerprint density at radius 1 is 1.05 bits per heavy atom. The molecule has 0 aromatic heterocycles. The van der Waals surface area contributed by atoms with E-state index in [0.29, 0.717) is 17.2 Å². The summed E-state index contributed by atoms with van der Waals surface area (Å²) in [5, 5.41) is 4.09. The smallest absolute Gasteiger partial charge is 0.169 e. The SMILES string of the molecule is COc1cccc(/C=N/Nc2ccc(F)cc2)c1OC. The van der Waals surface area contributed by atoms with E-state index in [1.54, 1.807) is 32.6 Å². The Bertz CT molecular complexity index is 597. The fraction of sp³-hybridized carbons (Fsp3) is 0.133. The molecule has 0 aliphatic rings. The number of hydrogen-bond acceptors (Lipinski definition) is 4. The van der Waals surface area contributed by atoms with Gasteiger partial charge in [0.1, 0.15) is 5.82 Å². The molecule has 0 amide bonds. The molecule has 0 atom stereocenters. The van der Waals surface area contributed by atoms with Crippen molar-refractivity contribution in [3.8, 4) is 11.5 Å². The van der Waals surface area contributed by atoms with Crippen LogP contribution in [-0.4, -0.2) is 20.4 Å². The summed E-state index contributed by atoms with van der Waals surface area (Å²) in [6.07, 6.45) is 1.62. The second-order valence-electron chi connectivity index (χ2n) is 3.96. The zero-order chi connectivity index (χ0) is 14.4. The van der Waals surface area contributed by atoms with Crippen molar-refractivity contribution >= 4 is 11.9 Å². The summed E-state index contributed by atoms with van der Waals surface area (Å²) in [6.45, 7) is 0. The van der Waals surface area contributed by atoms with Gasteiger partial charge in [-0.3, -0.25) is 5.43 Å². The number of nitrogens with one attached hydrogen (secondary N) is 1. The highest BCUT2D eigenvalue weighted by atomic mass is 19.1. The summed E-state index contributed by atoms with van der Waals surface area (Å²) >= 11 is 0. The quantitative estimate of drug-likeness (QED) is 0.672. The molecule has 0 heterocycles. The van der Waals surface area contributed by atoms with Gasteiger partial charge in [0.25, 0.3) is 0 Å². The molecular formula is C15H15FN2O2. The fourth-order valence-electron chi connectivity index (χ4n) is 1.71. The molecular weight excluding hydrogens is 259 g/mol. The van der Waals surface area contributed by atoms with E-state index in [-0.39, 0.29) is 5.82 Å². The zero-order valence-electron chi connectivity index (χ0n) is 11.3. The lowest BCUT2D eigenvalue weighted by atomic mass is 10.2. The van der Waals surface area contributed by atoms with Gasteiger partial charge in [-0.05, 0) is 36.4 Å². The van der Waals surface area contributed by atoms with Crippen molar-refractivity contribution in [2.75, 3.05) is 19.6 Å². The molecule has 1 N–H and O–H groups in total. The van der Waals surface area contributed by atoms with Crippen LogP contribution in [0.15, 0.2) is 47.6 Å². The summed E-state index contributed by atoms with van der Waals surface area (Å²) in [4.78, 5) is 0. The van der Waals surface area contributed by atoms with Crippen LogP contribution in [0.2, 0.25) is 0 Å². The van der Waals surface area contributed by atoms with Gasteiger partial charge in [0, 0.05) is 5.56 Å². The fourth-order valence-corrected chi connectivity index (χ4v) is 1.71. The van der Waals surface area contributed by atoms with Gasteiger partial charge in [0.05, 0.1) is 26.1 Å². The second kappa shape index (κ2) is 6.56. The summed E-state index contributed by atoms with van der Waals surface area (Å²) < 4.78 is 23.3. The van der Waals surface area contributed by atoms with Crippen molar-refractivity contribution in [3.63, 3.8) is 0 Å². The molecule has 4 nitrogen and oxygen atoms in total. The first-order valence-corrected chi connectivity index (χ1v) is 6.00. The second-order valence-corrected chi connectivity index (χ2v) is 3.96. The number of nitrogens with zero attached hydrogens (tertiary/aromatic N) is 1. The molecule has 2 aromatic carbocycles. The largest absolute Gasteiger partial charge is 0.493 e. The van der Waals surface area contributed by atoms with Crippen LogP contribution in [0.3, 0.4) is 0 Å². The highest BCUT2D eigenvalue weighted by Crippen LogP contribution is 2.29. The van der Waals surface area contributed by atoms with Crippen LogP contribution in [0.25, 0.3) is 0 Å². The number of benzene rings is 2. The summed E-state index contributed by atoms with van der Waals surface area (Å²) in [7, 11) is 3.15. The van der Waals surface area contributed by atoms with Crippen LogP contribution in [0.5, 0.6) is 11.5 Å². The molecule has 2 rings (SSSR count). The standard InChI is InChI=1S/C15H15FN2O2/c1-19-14-5-3-4-11(15(14)20-2)10-17-18-13-8-6-12(16)7-9-13/h3-10,18H,1-2H3/b17-10+. The predicted molar refractivity (Wildman–Crippen MR) is 77.2 cm³/mol. The third-order valence-corrected chi connectivity index (χ3v) is 2.67. The number of para-hydroxylation sites is 1. The molecule has 0 fully saturated rings. The minimum Gasteiger partial charge on any atom is -0.493 e. The summed E-state index contributed by atoms with van der Waals surface area (Å²) in [6, 6.07) is 11.5. The third-order valence-electron chi connectivity index (χ3n) is 2.67. The molecule has 0 unspecified atom stereocenters. The van der Waals surface area contributed by atoms with E-state index in [2.05, 4.69) is 10.5 Å². The molecule has 0 saturated heterocycles. The molecule has 5 heteroatoms. The van der Waals surface area contributed by atoms with E-state index < -0.39 is 0 Å². The van der Waals surface area contributed by atoms with E-state index in [9.17, 15) is 4.39 Å².